The molecular weight excluding hydrogens is 440 g/mol. The molecule has 1 saturated carbocycles. The van der Waals surface area contributed by atoms with Gasteiger partial charge in [-0.1, -0.05) is 18.9 Å². The minimum Gasteiger partial charge on any atom is -0.497 e. The number of ether oxygens (including phenoxy) is 1. The molecule has 34 heavy (non-hydrogen) atoms. The molecule has 1 aliphatic carbocycles. The molecule has 0 aromatic heterocycles. The highest BCUT2D eigenvalue weighted by Gasteiger charge is 2.46. The largest absolute Gasteiger partial charge is 0.497 e. The van der Waals surface area contributed by atoms with Crippen molar-refractivity contribution in [2.45, 2.75) is 50.2 Å². The number of amides is 3. The van der Waals surface area contributed by atoms with Crippen LogP contribution in [-0.2, 0) is 9.59 Å². The molecule has 2 N–H and O–H groups in total. The second-order valence-electron chi connectivity index (χ2n) is 8.48. The molecule has 0 unspecified atom stereocenters. The van der Waals surface area contributed by atoms with E-state index in [0.717, 1.165) is 25.7 Å². The molecule has 1 aliphatic heterocycles. The van der Waals surface area contributed by atoms with Crippen LogP contribution in [0.3, 0.4) is 0 Å². The Labute approximate surface area is 196 Å². The summed E-state index contributed by atoms with van der Waals surface area (Å²) >= 11 is 0. The maximum absolute atomic E-state index is 13.6. The molecule has 1 saturated heterocycles. The Balaban J connectivity index is 1.58. The maximum Gasteiger partial charge on any atom is 0.271 e. The highest BCUT2D eigenvalue weighted by atomic mass is 16.6. The molecule has 1 heterocycles. The van der Waals surface area contributed by atoms with Crippen molar-refractivity contribution in [3.05, 3.63) is 64.2 Å². The molecule has 178 valence electrons. The highest BCUT2D eigenvalue weighted by molar-refractivity contribution is 6.01. The standard InChI is InChI=1S/C24H26N4O6/c1-34-18-11-9-15(10-12-18)24(31)27-20-8-3-2-7-19(20)26-23(30)21(27)14-22(29)25-16-5-4-6-17(13-16)28(32)33/h4-6,9-13,19-21H,2-3,7-8,14H2,1H3,(H,25,29)(H,26,30)/t19-,20-,21-/m1/s1. The Morgan fingerprint density at radius 2 is 1.91 bits per heavy atom. The van der Waals surface area contributed by atoms with Crippen molar-refractivity contribution < 1.29 is 24.0 Å². The molecular formula is C24H26N4O6. The lowest BCUT2D eigenvalue weighted by Gasteiger charge is -2.48. The average molecular weight is 466 g/mol. The number of hydrogen-bond donors (Lipinski definition) is 2. The van der Waals surface area contributed by atoms with Crippen molar-refractivity contribution in [3.63, 3.8) is 0 Å². The molecule has 2 fully saturated rings. The Kier molecular flexibility index (Phi) is 6.76. The Morgan fingerprint density at radius 3 is 2.62 bits per heavy atom. The van der Waals surface area contributed by atoms with Crippen molar-refractivity contribution in [3.8, 4) is 5.75 Å². The predicted octanol–water partition coefficient (Wildman–Crippen LogP) is 2.88. The van der Waals surface area contributed by atoms with Gasteiger partial charge in [-0.2, -0.15) is 0 Å². The van der Waals surface area contributed by atoms with E-state index in [9.17, 15) is 24.5 Å². The molecule has 0 spiro atoms. The first kappa shape index (κ1) is 23.2. The van der Waals surface area contributed by atoms with Crippen LogP contribution >= 0.6 is 0 Å². The third-order valence-corrected chi connectivity index (χ3v) is 6.34. The van der Waals surface area contributed by atoms with Crippen molar-refractivity contribution >= 4 is 29.1 Å². The SMILES string of the molecule is COc1ccc(C(=O)N2[C@H](CC(=O)Nc3cccc([N+](=O)[O-])c3)C(=O)N[C@@H]3CCCC[C@H]32)cc1. The summed E-state index contributed by atoms with van der Waals surface area (Å²) in [5.74, 6) is -0.597. The van der Waals surface area contributed by atoms with E-state index in [4.69, 9.17) is 4.74 Å². The summed E-state index contributed by atoms with van der Waals surface area (Å²) in [7, 11) is 1.54. The number of nitrogens with one attached hydrogen (secondary N) is 2. The second kappa shape index (κ2) is 9.90. The number of piperazine rings is 1. The molecule has 2 aromatic rings. The van der Waals surface area contributed by atoms with E-state index >= 15 is 0 Å². The summed E-state index contributed by atoms with van der Waals surface area (Å²) in [5, 5.41) is 16.6. The maximum atomic E-state index is 13.6. The number of hydrogen-bond acceptors (Lipinski definition) is 6. The fraction of sp³-hybridized carbons (Fsp3) is 0.375. The van der Waals surface area contributed by atoms with Crippen LogP contribution in [-0.4, -0.2) is 52.8 Å². The number of anilines is 1. The van der Waals surface area contributed by atoms with Crippen molar-refractivity contribution in [1.29, 1.82) is 0 Å². The molecule has 2 aliphatic rings. The monoisotopic (exact) mass is 466 g/mol. The summed E-state index contributed by atoms with van der Waals surface area (Å²) in [6.45, 7) is 0. The van der Waals surface area contributed by atoms with E-state index in [1.807, 2.05) is 0 Å². The van der Waals surface area contributed by atoms with Gasteiger partial charge in [-0.25, -0.2) is 0 Å². The van der Waals surface area contributed by atoms with Crippen LogP contribution in [0.25, 0.3) is 0 Å². The lowest BCUT2D eigenvalue weighted by atomic mass is 9.84. The second-order valence-corrected chi connectivity index (χ2v) is 8.48. The Hall–Kier alpha value is -3.95. The van der Waals surface area contributed by atoms with Gasteiger partial charge in [0, 0.05) is 29.4 Å². The minimum absolute atomic E-state index is 0.153. The number of carbonyl (C=O) groups is 3. The van der Waals surface area contributed by atoms with Crippen LogP contribution in [0.2, 0.25) is 0 Å². The van der Waals surface area contributed by atoms with Gasteiger partial charge in [0.2, 0.25) is 11.8 Å². The van der Waals surface area contributed by atoms with Gasteiger partial charge in [-0.05, 0) is 43.2 Å². The number of nitro groups is 1. The normalized spacial score (nSPS) is 21.7. The molecule has 4 rings (SSSR count). The molecule has 2 aromatic carbocycles. The number of nitrogens with zero attached hydrogens (tertiary/aromatic N) is 2. The smallest absolute Gasteiger partial charge is 0.271 e. The van der Waals surface area contributed by atoms with E-state index in [2.05, 4.69) is 10.6 Å². The Morgan fingerprint density at radius 1 is 1.18 bits per heavy atom. The number of nitro benzene ring substituents is 1. The average Bonchev–Trinajstić information content (AvgIpc) is 2.84. The summed E-state index contributed by atoms with van der Waals surface area (Å²) in [5.41, 5.74) is 0.498. The third kappa shape index (κ3) is 4.85. The van der Waals surface area contributed by atoms with E-state index in [0.29, 0.717) is 11.3 Å². The van der Waals surface area contributed by atoms with Gasteiger partial charge in [0.25, 0.3) is 11.6 Å². The van der Waals surface area contributed by atoms with E-state index in [1.54, 1.807) is 29.2 Å². The van der Waals surface area contributed by atoms with Gasteiger partial charge in [0.1, 0.15) is 11.8 Å². The molecule has 10 nitrogen and oxygen atoms in total. The summed E-state index contributed by atoms with van der Waals surface area (Å²) in [6.07, 6.45) is 3.13. The summed E-state index contributed by atoms with van der Waals surface area (Å²) in [6, 6.07) is 10.9. The number of rotatable bonds is 6. The molecule has 3 atom stereocenters. The predicted molar refractivity (Wildman–Crippen MR) is 123 cm³/mol. The molecule has 0 bridgehead atoms. The fourth-order valence-corrected chi connectivity index (χ4v) is 4.70. The lowest BCUT2D eigenvalue weighted by Crippen LogP contribution is -2.68. The fourth-order valence-electron chi connectivity index (χ4n) is 4.70. The molecule has 0 radical (unpaired) electrons. The highest BCUT2D eigenvalue weighted by Crippen LogP contribution is 2.31. The molecule has 3 amide bonds. The van der Waals surface area contributed by atoms with Gasteiger partial charge in [0.15, 0.2) is 0 Å². The topological polar surface area (TPSA) is 131 Å². The van der Waals surface area contributed by atoms with Crippen LogP contribution in [0.5, 0.6) is 5.75 Å². The van der Waals surface area contributed by atoms with Crippen LogP contribution in [0.15, 0.2) is 48.5 Å². The van der Waals surface area contributed by atoms with Gasteiger partial charge >= 0.3 is 0 Å². The zero-order valence-electron chi connectivity index (χ0n) is 18.7. The summed E-state index contributed by atoms with van der Waals surface area (Å²) < 4.78 is 5.17. The number of non-ortho nitro benzene ring substituents is 1. The quantitative estimate of drug-likeness (QED) is 0.497. The van der Waals surface area contributed by atoms with Crippen LogP contribution in [0, 0.1) is 10.1 Å². The van der Waals surface area contributed by atoms with Gasteiger partial charge in [0.05, 0.1) is 24.5 Å². The van der Waals surface area contributed by atoms with Crippen molar-refractivity contribution in [2.75, 3.05) is 12.4 Å². The van der Waals surface area contributed by atoms with E-state index in [1.165, 1.54) is 31.4 Å². The minimum atomic E-state index is -0.993. The first-order valence-corrected chi connectivity index (χ1v) is 11.2. The van der Waals surface area contributed by atoms with Gasteiger partial charge < -0.3 is 20.3 Å². The Bertz CT molecular complexity index is 1100. The van der Waals surface area contributed by atoms with Crippen LogP contribution in [0.1, 0.15) is 42.5 Å². The van der Waals surface area contributed by atoms with Gasteiger partial charge in [-0.15, -0.1) is 0 Å². The van der Waals surface area contributed by atoms with Crippen molar-refractivity contribution in [2.24, 2.45) is 0 Å². The zero-order chi connectivity index (χ0) is 24.2. The molecule has 10 heteroatoms. The van der Waals surface area contributed by atoms with Gasteiger partial charge in [-0.3, -0.25) is 24.5 Å². The number of carbonyl (C=O) groups excluding carboxylic acids is 3. The number of fused-ring (bicyclic) bond motifs is 1. The zero-order valence-corrected chi connectivity index (χ0v) is 18.7. The first-order chi connectivity index (χ1) is 16.4. The summed E-state index contributed by atoms with van der Waals surface area (Å²) in [4.78, 5) is 51.5. The first-order valence-electron chi connectivity index (χ1n) is 11.2. The van der Waals surface area contributed by atoms with Crippen LogP contribution in [0.4, 0.5) is 11.4 Å². The lowest BCUT2D eigenvalue weighted by molar-refractivity contribution is -0.384. The van der Waals surface area contributed by atoms with Crippen LogP contribution < -0.4 is 15.4 Å². The third-order valence-electron chi connectivity index (χ3n) is 6.34. The van der Waals surface area contributed by atoms with Crippen molar-refractivity contribution in [1.82, 2.24) is 10.2 Å². The van der Waals surface area contributed by atoms with E-state index in [-0.39, 0.29) is 41.7 Å². The van der Waals surface area contributed by atoms with E-state index < -0.39 is 16.9 Å². The number of benzene rings is 2. The number of methoxy groups -OCH3 is 1.